The Morgan fingerprint density at radius 2 is 1.78 bits per heavy atom. The molecule has 0 aliphatic carbocycles. The highest BCUT2D eigenvalue weighted by Crippen LogP contribution is 2.36. The number of likely N-dealkylation sites (tertiary alicyclic amines) is 1. The molecule has 2 fully saturated rings. The van der Waals surface area contributed by atoms with Crippen LogP contribution in [0.25, 0.3) is 0 Å². The van der Waals surface area contributed by atoms with E-state index in [0.29, 0.717) is 62.7 Å². The molecule has 2 saturated heterocycles. The minimum atomic E-state index is -0.670. The smallest absolute Gasteiger partial charge is 0.243 e. The van der Waals surface area contributed by atoms with E-state index in [1.54, 1.807) is 24.3 Å². The van der Waals surface area contributed by atoms with Crippen LogP contribution in [-0.4, -0.2) is 67.6 Å². The Labute approximate surface area is 246 Å². The molecule has 5 rings (SSSR count). The van der Waals surface area contributed by atoms with E-state index in [1.165, 1.54) is 0 Å². The first-order valence-electron chi connectivity index (χ1n) is 14.6. The molecule has 3 heterocycles. The predicted octanol–water partition coefficient (Wildman–Crippen LogP) is 3.96. The monoisotopic (exact) mass is 578 g/mol. The molecule has 0 aromatic heterocycles. The molecule has 2 aromatic rings. The standard InChI is InChI=1S/C32H39ClN4O4/c33-25-9-11-26(12-10-25)34-29(38)22-37-17-13-27-24(21-37)8-4-5-14-32(15-18-41-19-16-32)31(40)36-28(30(39)35-27)20-23-6-2-1-3-7-23/h1-7,9-12,24,27-28H,8,13-22H2,(H,34,38)(H,35,39)(H,36,40)/t24-,27-,28-/m0/s1. The van der Waals surface area contributed by atoms with E-state index in [4.69, 9.17) is 16.3 Å². The lowest BCUT2D eigenvalue weighted by Gasteiger charge is -2.40. The van der Waals surface area contributed by atoms with Crippen molar-refractivity contribution in [2.75, 3.05) is 38.2 Å². The lowest BCUT2D eigenvalue weighted by molar-refractivity contribution is -0.140. The summed E-state index contributed by atoms with van der Waals surface area (Å²) in [6, 6.07) is 16.2. The lowest BCUT2D eigenvalue weighted by atomic mass is 9.75. The first-order chi connectivity index (χ1) is 19.9. The fraction of sp³-hybridized carbons (Fsp3) is 0.469. The van der Waals surface area contributed by atoms with Gasteiger partial charge in [-0.25, -0.2) is 0 Å². The number of hydrogen-bond acceptors (Lipinski definition) is 5. The molecule has 218 valence electrons. The maximum absolute atomic E-state index is 13.7. The van der Waals surface area contributed by atoms with Gasteiger partial charge in [0.05, 0.1) is 12.0 Å². The topological polar surface area (TPSA) is 99.8 Å². The van der Waals surface area contributed by atoms with Gasteiger partial charge in [0.25, 0.3) is 0 Å². The van der Waals surface area contributed by atoms with Crippen LogP contribution < -0.4 is 16.0 Å². The highest BCUT2D eigenvalue weighted by atomic mass is 35.5. The average molecular weight is 579 g/mol. The summed E-state index contributed by atoms with van der Waals surface area (Å²) in [5, 5.41) is 9.99. The van der Waals surface area contributed by atoms with E-state index in [-0.39, 0.29) is 36.2 Å². The van der Waals surface area contributed by atoms with Gasteiger partial charge in [0.2, 0.25) is 17.7 Å². The fourth-order valence-corrected chi connectivity index (χ4v) is 6.26. The fourth-order valence-electron chi connectivity index (χ4n) is 6.14. The molecular weight excluding hydrogens is 540 g/mol. The summed E-state index contributed by atoms with van der Waals surface area (Å²) in [5.41, 5.74) is 1.13. The number of rotatable bonds is 5. The van der Waals surface area contributed by atoms with Crippen molar-refractivity contribution in [3.05, 3.63) is 77.3 Å². The third-order valence-corrected chi connectivity index (χ3v) is 8.84. The number of piperidine rings is 1. The molecule has 2 aromatic carbocycles. The summed E-state index contributed by atoms with van der Waals surface area (Å²) in [6.45, 7) is 2.73. The molecule has 41 heavy (non-hydrogen) atoms. The number of fused-ring (bicyclic) bond motifs is 1. The van der Waals surface area contributed by atoms with Crippen LogP contribution in [0.5, 0.6) is 0 Å². The van der Waals surface area contributed by atoms with Crippen LogP contribution in [0.3, 0.4) is 0 Å². The van der Waals surface area contributed by atoms with Gasteiger partial charge in [0.1, 0.15) is 6.04 Å². The van der Waals surface area contributed by atoms with Crippen LogP contribution in [0.4, 0.5) is 5.69 Å². The molecule has 9 heteroatoms. The van der Waals surface area contributed by atoms with Crippen LogP contribution in [0.2, 0.25) is 5.02 Å². The number of nitrogens with one attached hydrogen (secondary N) is 3. The van der Waals surface area contributed by atoms with E-state index in [0.717, 1.165) is 18.4 Å². The number of amides is 3. The highest BCUT2D eigenvalue weighted by molar-refractivity contribution is 6.30. The number of anilines is 1. The van der Waals surface area contributed by atoms with Crippen LogP contribution >= 0.6 is 11.6 Å². The third-order valence-electron chi connectivity index (χ3n) is 8.59. The molecule has 0 unspecified atom stereocenters. The average Bonchev–Trinajstić information content (AvgIpc) is 2.98. The zero-order valence-corrected chi connectivity index (χ0v) is 24.1. The summed E-state index contributed by atoms with van der Waals surface area (Å²) in [4.78, 5) is 42.4. The molecule has 1 spiro atoms. The van der Waals surface area contributed by atoms with Crippen molar-refractivity contribution >= 4 is 35.0 Å². The number of benzene rings is 2. The van der Waals surface area contributed by atoms with Crippen molar-refractivity contribution in [1.82, 2.24) is 15.5 Å². The number of carbonyl (C=O) groups excluding carboxylic acids is 3. The molecule has 3 atom stereocenters. The second-order valence-electron chi connectivity index (χ2n) is 11.5. The second-order valence-corrected chi connectivity index (χ2v) is 11.9. The Bertz CT molecular complexity index is 1230. The van der Waals surface area contributed by atoms with Gasteiger partial charge < -0.3 is 20.7 Å². The number of carbonyl (C=O) groups is 3. The van der Waals surface area contributed by atoms with Crippen molar-refractivity contribution in [2.45, 2.75) is 50.6 Å². The van der Waals surface area contributed by atoms with Crippen molar-refractivity contribution in [3.63, 3.8) is 0 Å². The van der Waals surface area contributed by atoms with Crippen LogP contribution in [0.1, 0.15) is 37.7 Å². The number of hydrogen-bond donors (Lipinski definition) is 3. The molecule has 3 aliphatic rings. The molecule has 3 amide bonds. The van der Waals surface area contributed by atoms with E-state index >= 15 is 0 Å². The Balaban J connectivity index is 1.31. The zero-order chi connectivity index (χ0) is 28.7. The number of ether oxygens (including phenoxy) is 1. The van der Waals surface area contributed by atoms with E-state index in [1.807, 2.05) is 30.3 Å². The minimum absolute atomic E-state index is 0.0469. The van der Waals surface area contributed by atoms with Crippen molar-refractivity contribution in [2.24, 2.45) is 11.3 Å². The molecule has 3 aliphatic heterocycles. The van der Waals surface area contributed by atoms with Gasteiger partial charge in [-0.15, -0.1) is 0 Å². The molecular formula is C32H39ClN4O4. The Kier molecular flexibility index (Phi) is 9.75. The first-order valence-corrected chi connectivity index (χ1v) is 14.9. The SMILES string of the molecule is O=C(CN1CC[C@@H]2NC(=O)[C@H](Cc3ccccc3)NC(=O)C3(CC=CC[C@H]2C1)CCOCC3)Nc1ccc(Cl)cc1. The van der Waals surface area contributed by atoms with Crippen LogP contribution in [0, 0.1) is 11.3 Å². The maximum Gasteiger partial charge on any atom is 0.243 e. The van der Waals surface area contributed by atoms with Crippen molar-refractivity contribution < 1.29 is 19.1 Å². The summed E-state index contributed by atoms with van der Waals surface area (Å²) in [7, 11) is 0. The summed E-state index contributed by atoms with van der Waals surface area (Å²) in [5.74, 6) is -0.158. The van der Waals surface area contributed by atoms with E-state index in [2.05, 4.69) is 33.0 Å². The zero-order valence-electron chi connectivity index (χ0n) is 23.3. The summed E-state index contributed by atoms with van der Waals surface area (Å²) in [6.07, 6.45) is 8.07. The number of nitrogens with zero attached hydrogens (tertiary/aromatic N) is 1. The molecule has 8 nitrogen and oxygen atoms in total. The molecule has 3 N–H and O–H groups in total. The molecule has 0 bridgehead atoms. The normalized spacial score (nSPS) is 25.2. The Hall–Kier alpha value is -3.20. The summed E-state index contributed by atoms with van der Waals surface area (Å²) < 4.78 is 5.59. The van der Waals surface area contributed by atoms with Gasteiger partial charge >= 0.3 is 0 Å². The van der Waals surface area contributed by atoms with Gasteiger partial charge in [-0.1, -0.05) is 54.1 Å². The van der Waals surface area contributed by atoms with Crippen LogP contribution in [0.15, 0.2) is 66.7 Å². The van der Waals surface area contributed by atoms with Crippen LogP contribution in [-0.2, 0) is 25.5 Å². The van der Waals surface area contributed by atoms with E-state index in [9.17, 15) is 14.4 Å². The van der Waals surface area contributed by atoms with Crippen molar-refractivity contribution in [3.8, 4) is 0 Å². The highest BCUT2D eigenvalue weighted by Gasteiger charge is 2.41. The first kappa shape index (κ1) is 29.3. The van der Waals surface area contributed by atoms with Gasteiger partial charge in [0.15, 0.2) is 0 Å². The number of halogens is 1. The van der Waals surface area contributed by atoms with Gasteiger partial charge in [0, 0.05) is 49.5 Å². The summed E-state index contributed by atoms with van der Waals surface area (Å²) >= 11 is 5.96. The Morgan fingerprint density at radius 1 is 1.02 bits per heavy atom. The maximum atomic E-state index is 13.7. The second kappa shape index (κ2) is 13.6. The lowest BCUT2D eigenvalue weighted by Crippen LogP contribution is -2.58. The van der Waals surface area contributed by atoms with Gasteiger partial charge in [-0.05, 0) is 67.9 Å². The third kappa shape index (κ3) is 7.76. The molecule has 0 radical (unpaired) electrons. The Morgan fingerprint density at radius 3 is 2.54 bits per heavy atom. The molecule has 0 saturated carbocycles. The number of allylic oxidation sites excluding steroid dienone is 2. The quantitative estimate of drug-likeness (QED) is 0.467. The van der Waals surface area contributed by atoms with Gasteiger partial charge in [-0.3, -0.25) is 19.3 Å². The largest absolute Gasteiger partial charge is 0.381 e. The van der Waals surface area contributed by atoms with Crippen molar-refractivity contribution in [1.29, 1.82) is 0 Å². The van der Waals surface area contributed by atoms with E-state index < -0.39 is 11.5 Å². The van der Waals surface area contributed by atoms with Gasteiger partial charge in [-0.2, -0.15) is 0 Å². The predicted molar refractivity (Wildman–Crippen MR) is 159 cm³/mol. The minimum Gasteiger partial charge on any atom is -0.381 e.